The smallest absolute Gasteiger partial charge is 0.325 e. The van der Waals surface area contributed by atoms with Crippen molar-refractivity contribution in [3.8, 4) is 0 Å². The van der Waals surface area contributed by atoms with Crippen LogP contribution in [-0.2, 0) is 20.8 Å². The summed E-state index contributed by atoms with van der Waals surface area (Å²) in [4.78, 5) is 25.2. The second-order valence-electron chi connectivity index (χ2n) is 7.51. The van der Waals surface area contributed by atoms with Crippen molar-refractivity contribution in [1.29, 1.82) is 0 Å². The van der Waals surface area contributed by atoms with Gasteiger partial charge in [0.2, 0.25) is 5.91 Å². The number of sulfone groups is 1. The number of hydrogen-bond donors (Lipinski definition) is 2. The van der Waals surface area contributed by atoms with Crippen LogP contribution in [0.2, 0.25) is 0 Å². The zero-order chi connectivity index (χ0) is 24.9. The Morgan fingerprint density at radius 2 is 1.56 bits per heavy atom. The van der Waals surface area contributed by atoms with Crippen molar-refractivity contribution >= 4 is 33.0 Å². The minimum Gasteiger partial charge on any atom is -0.325 e. The van der Waals surface area contributed by atoms with Crippen molar-refractivity contribution in [2.45, 2.75) is 24.4 Å². The monoisotopic (exact) mass is 490 g/mol. The first-order valence-corrected chi connectivity index (χ1v) is 11.8. The molecule has 3 rings (SSSR count). The molecule has 3 aromatic rings. The number of nitrogens with one attached hydrogen (secondary N) is 2. The Kier molecular flexibility index (Phi) is 7.41. The van der Waals surface area contributed by atoms with Crippen molar-refractivity contribution in [3.05, 3.63) is 89.5 Å². The maximum Gasteiger partial charge on any atom is 0.416 e. The molecule has 0 aromatic heterocycles. The maximum absolute atomic E-state index is 12.9. The van der Waals surface area contributed by atoms with Gasteiger partial charge in [0.25, 0.3) is 5.91 Å². The van der Waals surface area contributed by atoms with Crippen LogP contribution in [0.5, 0.6) is 0 Å². The fourth-order valence-corrected chi connectivity index (χ4v) is 4.31. The molecule has 0 spiro atoms. The number of benzene rings is 3. The average Bonchev–Trinajstić information content (AvgIpc) is 2.78. The Bertz CT molecular complexity index is 1300. The van der Waals surface area contributed by atoms with E-state index < -0.39 is 39.1 Å². The van der Waals surface area contributed by atoms with Gasteiger partial charge < -0.3 is 10.6 Å². The Balaban J connectivity index is 1.68. The molecule has 2 amide bonds. The van der Waals surface area contributed by atoms with Crippen LogP contribution in [0.1, 0.15) is 27.9 Å². The van der Waals surface area contributed by atoms with Crippen LogP contribution in [0.4, 0.5) is 24.5 Å². The molecule has 0 fully saturated rings. The number of amides is 2. The van der Waals surface area contributed by atoms with Crippen molar-refractivity contribution in [2.24, 2.45) is 0 Å². The predicted molar refractivity (Wildman–Crippen MR) is 122 cm³/mol. The van der Waals surface area contributed by atoms with E-state index in [4.69, 9.17) is 0 Å². The second kappa shape index (κ2) is 10.1. The summed E-state index contributed by atoms with van der Waals surface area (Å²) >= 11 is 0. The Hall–Kier alpha value is -3.66. The van der Waals surface area contributed by atoms with Crippen LogP contribution >= 0.6 is 0 Å². The Morgan fingerprint density at radius 3 is 2.24 bits per heavy atom. The van der Waals surface area contributed by atoms with E-state index in [2.05, 4.69) is 10.6 Å². The van der Waals surface area contributed by atoms with Crippen molar-refractivity contribution in [1.82, 2.24) is 0 Å². The summed E-state index contributed by atoms with van der Waals surface area (Å²) in [6, 6.07) is 16.3. The number of hydrogen-bond acceptors (Lipinski definition) is 4. The van der Waals surface area contributed by atoms with Gasteiger partial charge in [0.1, 0.15) is 0 Å². The van der Waals surface area contributed by atoms with Gasteiger partial charge in [-0.2, -0.15) is 13.2 Å². The van der Waals surface area contributed by atoms with E-state index in [0.29, 0.717) is 0 Å². The molecular formula is C24H21F3N2O4S. The number of aryl methyl sites for hydroxylation is 1. The zero-order valence-electron chi connectivity index (χ0n) is 18.0. The van der Waals surface area contributed by atoms with Gasteiger partial charge in [-0.05, 0) is 49.4 Å². The summed E-state index contributed by atoms with van der Waals surface area (Å²) in [6.45, 7) is 1.82. The number of alkyl halides is 3. The maximum atomic E-state index is 12.9. The van der Waals surface area contributed by atoms with Crippen LogP contribution in [0.3, 0.4) is 0 Å². The summed E-state index contributed by atoms with van der Waals surface area (Å²) in [7, 11) is -3.68. The summed E-state index contributed by atoms with van der Waals surface area (Å²) in [6.07, 6.45) is -4.91. The van der Waals surface area contributed by atoms with E-state index in [1.165, 1.54) is 42.5 Å². The van der Waals surface area contributed by atoms with Gasteiger partial charge in [-0.1, -0.05) is 35.9 Å². The minimum absolute atomic E-state index is 0.00894. The van der Waals surface area contributed by atoms with Crippen LogP contribution in [0.15, 0.2) is 77.7 Å². The second-order valence-corrected chi connectivity index (χ2v) is 9.62. The van der Waals surface area contributed by atoms with Crippen LogP contribution in [0, 0.1) is 6.92 Å². The molecule has 3 aromatic carbocycles. The number of halogens is 3. The third kappa shape index (κ3) is 6.44. The minimum atomic E-state index is -4.56. The highest BCUT2D eigenvalue weighted by atomic mass is 32.2. The highest BCUT2D eigenvalue weighted by Gasteiger charge is 2.30. The molecule has 0 aliphatic carbocycles. The molecule has 0 atom stereocenters. The standard InChI is InChI=1S/C24H21F3N2O4S/c1-16-9-11-19(12-10-16)34(32,33)14-13-22(30)29-21-8-3-2-7-20(21)23(31)28-18-6-4-5-17(15-18)24(25,26)27/h2-12,15H,13-14H2,1H3,(H,28,31)(H,29,30). The van der Waals surface area contributed by atoms with Crippen LogP contribution in [0.25, 0.3) is 0 Å². The van der Waals surface area contributed by atoms with Gasteiger partial charge >= 0.3 is 6.18 Å². The lowest BCUT2D eigenvalue weighted by Gasteiger charge is -2.13. The van der Waals surface area contributed by atoms with Gasteiger partial charge in [0.05, 0.1) is 27.5 Å². The quantitative estimate of drug-likeness (QED) is 0.484. The predicted octanol–water partition coefficient (Wildman–Crippen LogP) is 5.07. The number of para-hydroxylation sites is 1. The Labute approximate surface area is 194 Å². The molecule has 0 radical (unpaired) electrons. The number of carbonyl (C=O) groups excluding carboxylic acids is 2. The molecule has 0 saturated heterocycles. The lowest BCUT2D eigenvalue weighted by molar-refractivity contribution is -0.137. The molecule has 0 bridgehead atoms. The lowest BCUT2D eigenvalue weighted by atomic mass is 10.1. The highest BCUT2D eigenvalue weighted by Crippen LogP contribution is 2.31. The molecule has 2 N–H and O–H groups in total. The lowest BCUT2D eigenvalue weighted by Crippen LogP contribution is -2.20. The van der Waals surface area contributed by atoms with E-state index in [-0.39, 0.29) is 28.3 Å². The molecule has 0 saturated carbocycles. The molecule has 0 unspecified atom stereocenters. The molecule has 0 heterocycles. The number of carbonyl (C=O) groups is 2. The highest BCUT2D eigenvalue weighted by molar-refractivity contribution is 7.91. The van der Waals surface area contributed by atoms with E-state index in [1.54, 1.807) is 18.2 Å². The zero-order valence-corrected chi connectivity index (χ0v) is 18.8. The van der Waals surface area contributed by atoms with Crippen molar-refractivity contribution in [3.63, 3.8) is 0 Å². The Morgan fingerprint density at radius 1 is 0.882 bits per heavy atom. The first kappa shape index (κ1) is 25.0. The third-order valence-electron chi connectivity index (χ3n) is 4.87. The van der Waals surface area contributed by atoms with Gasteiger partial charge in [-0.15, -0.1) is 0 Å². The van der Waals surface area contributed by atoms with Crippen LogP contribution < -0.4 is 10.6 Å². The van der Waals surface area contributed by atoms with E-state index in [9.17, 15) is 31.2 Å². The molecule has 0 aliphatic heterocycles. The first-order valence-electron chi connectivity index (χ1n) is 10.1. The summed E-state index contributed by atoms with van der Waals surface area (Å²) in [5, 5.41) is 4.88. The topological polar surface area (TPSA) is 92.3 Å². The molecule has 34 heavy (non-hydrogen) atoms. The van der Waals surface area contributed by atoms with Gasteiger partial charge in [-0.25, -0.2) is 8.42 Å². The summed E-state index contributed by atoms with van der Waals surface area (Å²) in [5.41, 5.74) is 0.0305. The van der Waals surface area contributed by atoms with E-state index in [0.717, 1.165) is 17.7 Å². The molecule has 10 heteroatoms. The molecule has 0 aliphatic rings. The summed E-state index contributed by atoms with van der Waals surface area (Å²) in [5.74, 6) is -1.79. The van der Waals surface area contributed by atoms with Crippen molar-refractivity contribution in [2.75, 3.05) is 16.4 Å². The van der Waals surface area contributed by atoms with Crippen LogP contribution in [-0.4, -0.2) is 26.0 Å². The van der Waals surface area contributed by atoms with Crippen molar-refractivity contribution < 1.29 is 31.2 Å². The van der Waals surface area contributed by atoms with Gasteiger partial charge in [0, 0.05) is 12.1 Å². The SMILES string of the molecule is Cc1ccc(S(=O)(=O)CCC(=O)Nc2ccccc2C(=O)Nc2cccc(C(F)(F)F)c2)cc1. The number of rotatable bonds is 7. The van der Waals surface area contributed by atoms with Gasteiger partial charge in [-0.3, -0.25) is 9.59 Å². The van der Waals surface area contributed by atoms with E-state index in [1.807, 2.05) is 6.92 Å². The molecule has 6 nitrogen and oxygen atoms in total. The fourth-order valence-electron chi connectivity index (χ4n) is 3.07. The molecule has 178 valence electrons. The normalized spacial score (nSPS) is 11.6. The molecular weight excluding hydrogens is 469 g/mol. The van der Waals surface area contributed by atoms with Gasteiger partial charge in [0.15, 0.2) is 9.84 Å². The fraction of sp³-hybridized carbons (Fsp3) is 0.167. The first-order chi connectivity index (χ1) is 16.0. The average molecular weight is 491 g/mol. The largest absolute Gasteiger partial charge is 0.416 e. The third-order valence-corrected chi connectivity index (χ3v) is 6.60. The summed E-state index contributed by atoms with van der Waals surface area (Å²) < 4.78 is 63.7. The number of anilines is 2. The van der Waals surface area contributed by atoms with E-state index >= 15 is 0 Å².